The summed E-state index contributed by atoms with van der Waals surface area (Å²) in [6, 6.07) is 22.8. The number of esters is 1. The van der Waals surface area contributed by atoms with Crippen LogP contribution in [0, 0.1) is 11.8 Å². The molecular weight excluding hydrogens is 492 g/mol. The second-order valence-electron chi connectivity index (χ2n) is 9.32. The lowest BCUT2D eigenvalue weighted by Crippen LogP contribution is -2.30. The van der Waals surface area contributed by atoms with Crippen LogP contribution in [0.1, 0.15) is 41.1 Å². The van der Waals surface area contributed by atoms with Crippen LogP contribution in [0.2, 0.25) is 5.02 Å². The molecule has 2 fully saturated rings. The Bertz CT molecular complexity index is 1320. The maximum absolute atomic E-state index is 13.3. The molecule has 1 aliphatic carbocycles. The Hall–Kier alpha value is -3.97. The topological polar surface area (TPSA) is 92.8 Å². The number of anilines is 2. The van der Waals surface area contributed by atoms with Crippen molar-refractivity contribution in [2.75, 3.05) is 16.8 Å². The number of carbonyl (C=O) groups is 4. The van der Waals surface area contributed by atoms with Gasteiger partial charge in [-0.15, -0.1) is 0 Å². The van der Waals surface area contributed by atoms with Crippen LogP contribution >= 0.6 is 11.6 Å². The van der Waals surface area contributed by atoms with Gasteiger partial charge in [-0.3, -0.25) is 19.3 Å². The molecule has 7 nitrogen and oxygen atoms in total. The summed E-state index contributed by atoms with van der Waals surface area (Å²) in [5.74, 6) is -1.94. The molecule has 0 spiro atoms. The molecule has 1 N–H and O–H groups in total. The molecule has 0 radical (unpaired) electrons. The lowest BCUT2D eigenvalue weighted by atomic mass is 9.73. The first-order chi connectivity index (χ1) is 17.9. The summed E-state index contributed by atoms with van der Waals surface area (Å²) in [7, 11) is 0. The second kappa shape index (κ2) is 10.6. The number of fused-ring (bicyclic) bond motifs is 1. The van der Waals surface area contributed by atoms with Crippen LogP contribution in [-0.4, -0.2) is 30.3 Å². The average Bonchev–Trinajstić information content (AvgIpc) is 3.18. The van der Waals surface area contributed by atoms with E-state index in [2.05, 4.69) is 17.4 Å². The first-order valence-corrected chi connectivity index (χ1v) is 12.5. The zero-order valence-electron chi connectivity index (χ0n) is 19.9. The number of rotatable bonds is 6. The van der Waals surface area contributed by atoms with Gasteiger partial charge in [-0.2, -0.15) is 0 Å². The molecule has 3 aromatic carbocycles. The van der Waals surface area contributed by atoms with Crippen molar-refractivity contribution in [3.8, 4) is 0 Å². The molecule has 37 heavy (non-hydrogen) atoms. The van der Waals surface area contributed by atoms with Crippen molar-refractivity contribution in [1.82, 2.24) is 0 Å². The summed E-state index contributed by atoms with van der Waals surface area (Å²) in [4.78, 5) is 52.1. The number of imide groups is 1. The average molecular weight is 517 g/mol. The Kier molecular flexibility index (Phi) is 7.06. The minimum Gasteiger partial charge on any atom is -0.452 e. The number of nitrogens with zero attached hydrogens (tertiary/aromatic N) is 1. The Morgan fingerprint density at radius 1 is 0.865 bits per heavy atom. The number of benzene rings is 3. The molecule has 0 aromatic heterocycles. The fraction of sp³-hybridized carbons (Fsp3) is 0.241. The standard InChI is InChI=1S/C29H25ClN2O5/c30-21-9-11-22(12-10-21)31-26(33)17-37-29(36)19-6-13-23(14-7-19)32-27(34)24-15-8-20(16-25(24)28(32)35)18-4-2-1-3-5-18/h1-7,9-14,20,24-25H,8,15-17H2,(H,31,33)/t20-,24-,25+/m1/s1. The molecule has 188 valence electrons. The Labute approximate surface area is 219 Å². The van der Waals surface area contributed by atoms with Crippen LogP contribution in [0.4, 0.5) is 11.4 Å². The van der Waals surface area contributed by atoms with E-state index >= 15 is 0 Å². The first-order valence-electron chi connectivity index (χ1n) is 12.2. The summed E-state index contributed by atoms with van der Waals surface area (Å²) in [6.45, 7) is -0.460. The van der Waals surface area contributed by atoms with Crippen LogP contribution in [0.15, 0.2) is 78.9 Å². The lowest BCUT2D eigenvalue weighted by Gasteiger charge is -2.28. The van der Waals surface area contributed by atoms with E-state index in [4.69, 9.17) is 16.3 Å². The zero-order valence-corrected chi connectivity index (χ0v) is 20.7. The van der Waals surface area contributed by atoms with Gasteiger partial charge in [0.1, 0.15) is 0 Å². The van der Waals surface area contributed by atoms with Gasteiger partial charge in [0.05, 0.1) is 23.1 Å². The maximum atomic E-state index is 13.3. The Morgan fingerprint density at radius 3 is 2.24 bits per heavy atom. The van der Waals surface area contributed by atoms with Crippen LogP contribution in [-0.2, 0) is 19.1 Å². The van der Waals surface area contributed by atoms with Gasteiger partial charge < -0.3 is 10.1 Å². The number of ether oxygens (including phenoxy) is 1. The number of nitrogens with one attached hydrogen (secondary N) is 1. The summed E-state index contributed by atoms with van der Waals surface area (Å²) >= 11 is 5.83. The van der Waals surface area contributed by atoms with Crippen LogP contribution in [0.25, 0.3) is 0 Å². The number of hydrogen-bond donors (Lipinski definition) is 1. The van der Waals surface area contributed by atoms with E-state index < -0.39 is 18.5 Å². The Balaban J connectivity index is 1.20. The molecule has 1 saturated carbocycles. The normalized spacial score (nSPS) is 20.9. The van der Waals surface area contributed by atoms with E-state index in [9.17, 15) is 19.2 Å². The van der Waals surface area contributed by atoms with Gasteiger partial charge in [-0.25, -0.2) is 4.79 Å². The van der Waals surface area contributed by atoms with Crippen molar-refractivity contribution >= 4 is 46.7 Å². The third-order valence-corrected chi connectivity index (χ3v) is 7.27. The third-order valence-electron chi connectivity index (χ3n) is 7.02. The van der Waals surface area contributed by atoms with Crippen LogP contribution in [0.5, 0.6) is 0 Å². The van der Waals surface area contributed by atoms with Gasteiger partial charge in [0.2, 0.25) is 11.8 Å². The summed E-state index contributed by atoms with van der Waals surface area (Å²) in [5.41, 5.74) is 2.37. The van der Waals surface area contributed by atoms with E-state index in [1.165, 1.54) is 22.6 Å². The van der Waals surface area contributed by atoms with E-state index in [0.29, 0.717) is 29.2 Å². The molecular formula is C29H25ClN2O5. The molecule has 3 amide bonds. The van der Waals surface area contributed by atoms with Crippen molar-refractivity contribution in [3.63, 3.8) is 0 Å². The fourth-order valence-electron chi connectivity index (χ4n) is 5.15. The first kappa shape index (κ1) is 24.7. The summed E-state index contributed by atoms with van der Waals surface area (Å²) in [5, 5.41) is 3.16. The highest BCUT2D eigenvalue weighted by atomic mass is 35.5. The molecule has 1 aliphatic heterocycles. The number of halogens is 1. The highest BCUT2D eigenvalue weighted by molar-refractivity contribution is 6.30. The predicted molar refractivity (Wildman–Crippen MR) is 139 cm³/mol. The number of carbonyl (C=O) groups excluding carboxylic acids is 4. The largest absolute Gasteiger partial charge is 0.452 e. The minimum absolute atomic E-state index is 0.185. The number of amides is 3. The lowest BCUT2D eigenvalue weighted by molar-refractivity contribution is -0.122. The van der Waals surface area contributed by atoms with Crippen molar-refractivity contribution in [2.45, 2.75) is 25.2 Å². The number of hydrogen-bond acceptors (Lipinski definition) is 5. The van der Waals surface area contributed by atoms with Gasteiger partial charge >= 0.3 is 5.97 Å². The summed E-state index contributed by atoms with van der Waals surface area (Å²) < 4.78 is 5.10. The molecule has 8 heteroatoms. The molecule has 5 rings (SSSR count). The van der Waals surface area contributed by atoms with E-state index in [1.807, 2.05) is 18.2 Å². The summed E-state index contributed by atoms with van der Waals surface area (Å²) in [6.07, 6.45) is 2.19. The molecule has 3 atom stereocenters. The highest BCUT2D eigenvalue weighted by Crippen LogP contribution is 2.45. The SMILES string of the molecule is O=C(COC(=O)c1ccc(N2C(=O)[C@H]3C[C@H](c4ccccc4)CC[C@H]3C2=O)cc1)Nc1ccc(Cl)cc1. The van der Waals surface area contributed by atoms with Gasteiger partial charge in [0, 0.05) is 10.7 Å². The van der Waals surface area contributed by atoms with Gasteiger partial charge in [0.15, 0.2) is 6.61 Å². The molecule has 1 heterocycles. The van der Waals surface area contributed by atoms with E-state index in [0.717, 1.165) is 6.42 Å². The second-order valence-corrected chi connectivity index (χ2v) is 9.76. The highest BCUT2D eigenvalue weighted by Gasteiger charge is 2.50. The molecule has 0 bridgehead atoms. The van der Waals surface area contributed by atoms with Crippen molar-refractivity contribution < 1.29 is 23.9 Å². The van der Waals surface area contributed by atoms with E-state index in [-0.39, 0.29) is 35.1 Å². The quantitative estimate of drug-likeness (QED) is 0.358. The van der Waals surface area contributed by atoms with Crippen molar-refractivity contribution in [2.24, 2.45) is 11.8 Å². The molecule has 1 saturated heterocycles. The Morgan fingerprint density at radius 2 is 1.54 bits per heavy atom. The molecule has 0 unspecified atom stereocenters. The van der Waals surface area contributed by atoms with Gasteiger partial charge in [-0.1, -0.05) is 41.9 Å². The van der Waals surface area contributed by atoms with Crippen LogP contribution in [0.3, 0.4) is 0 Å². The monoisotopic (exact) mass is 516 g/mol. The zero-order chi connectivity index (χ0) is 25.9. The molecule has 2 aliphatic rings. The minimum atomic E-state index is -0.684. The molecule has 3 aromatic rings. The predicted octanol–water partition coefficient (Wildman–Crippen LogP) is 5.21. The van der Waals surface area contributed by atoms with Gasteiger partial charge in [0.25, 0.3) is 5.91 Å². The van der Waals surface area contributed by atoms with E-state index in [1.54, 1.807) is 36.4 Å². The fourth-order valence-corrected chi connectivity index (χ4v) is 5.28. The maximum Gasteiger partial charge on any atom is 0.338 e. The van der Waals surface area contributed by atoms with Crippen molar-refractivity contribution in [1.29, 1.82) is 0 Å². The van der Waals surface area contributed by atoms with Crippen molar-refractivity contribution in [3.05, 3.63) is 95.0 Å². The third kappa shape index (κ3) is 5.27. The van der Waals surface area contributed by atoms with Crippen LogP contribution < -0.4 is 10.2 Å². The van der Waals surface area contributed by atoms with Gasteiger partial charge in [-0.05, 0) is 79.3 Å². The smallest absolute Gasteiger partial charge is 0.338 e.